The molecule has 1 aromatic carbocycles. The Morgan fingerprint density at radius 3 is 2.39 bits per heavy atom. The molecule has 100 valence electrons. The molecule has 0 spiro atoms. The quantitative estimate of drug-likeness (QED) is 0.684. The fraction of sp³-hybridized carbons (Fsp3) is 0.364. The summed E-state index contributed by atoms with van der Waals surface area (Å²) in [6, 6.07) is 4.10. The lowest BCUT2D eigenvalue weighted by Crippen LogP contribution is -2.44. The van der Waals surface area contributed by atoms with Crippen molar-refractivity contribution in [3.63, 3.8) is 0 Å². The summed E-state index contributed by atoms with van der Waals surface area (Å²) in [5.74, 6) is 0. The van der Waals surface area contributed by atoms with Gasteiger partial charge in [0.05, 0.1) is 13.2 Å². The van der Waals surface area contributed by atoms with Crippen LogP contribution in [0.4, 0.5) is 10.5 Å². The summed E-state index contributed by atoms with van der Waals surface area (Å²) >= 11 is 11.6. The van der Waals surface area contributed by atoms with Crippen LogP contribution in [0.15, 0.2) is 18.2 Å². The number of urea groups is 1. The largest absolute Gasteiger partial charge is 0.393 e. The Kier molecular flexibility index (Phi) is 5.22. The molecule has 1 atom stereocenters. The molecular formula is C11H14Cl2N2O3. The zero-order valence-corrected chi connectivity index (χ0v) is 11.2. The van der Waals surface area contributed by atoms with Gasteiger partial charge < -0.3 is 20.8 Å². The van der Waals surface area contributed by atoms with Crippen molar-refractivity contribution in [2.45, 2.75) is 12.5 Å². The molecule has 0 saturated heterocycles. The van der Waals surface area contributed by atoms with Gasteiger partial charge in [0.1, 0.15) is 5.60 Å². The predicted molar refractivity (Wildman–Crippen MR) is 71.2 cm³/mol. The SMILES string of the molecule is CC(O)(CO)CNC(=O)Nc1cc(Cl)cc(Cl)c1. The van der Waals surface area contributed by atoms with E-state index in [4.69, 9.17) is 28.3 Å². The van der Waals surface area contributed by atoms with Crippen molar-refractivity contribution in [3.8, 4) is 0 Å². The number of amides is 2. The molecule has 18 heavy (non-hydrogen) atoms. The van der Waals surface area contributed by atoms with Gasteiger partial charge in [0.15, 0.2) is 0 Å². The molecule has 4 N–H and O–H groups in total. The van der Waals surface area contributed by atoms with E-state index < -0.39 is 18.2 Å². The van der Waals surface area contributed by atoms with Crippen LogP contribution in [0.5, 0.6) is 0 Å². The van der Waals surface area contributed by atoms with E-state index in [0.29, 0.717) is 15.7 Å². The number of hydrogen-bond donors (Lipinski definition) is 4. The van der Waals surface area contributed by atoms with Gasteiger partial charge in [-0.1, -0.05) is 23.2 Å². The Bertz CT molecular complexity index is 418. The number of carbonyl (C=O) groups excluding carboxylic acids is 1. The number of anilines is 1. The zero-order chi connectivity index (χ0) is 13.8. The van der Waals surface area contributed by atoms with E-state index in [-0.39, 0.29) is 6.54 Å². The summed E-state index contributed by atoms with van der Waals surface area (Å²) < 4.78 is 0. The molecule has 0 saturated carbocycles. The van der Waals surface area contributed by atoms with E-state index >= 15 is 0 Å². The van der Waals surface area contributed by atoms with Gasteiger partial charge in [-0.15, -0.1) is 0 Å². The Morgan fingerprint density at radius 2 is 1.89 bits per heavy atom. The third kappa shape index (κ3) is 5.10. The number of rotatable bonds is 4. The van der Waals surface area contributed by atoms with Gasteiger partial charge in [0.25, 0.3) is 0 Å². The van der Waals surface area contributed by atoms with Crippen LogP contribution in [0.1, 0.15) is 6.92 Å². The minimum atomic E-state index is -1.36. The Hall–Kier alpha value is -1.01. The van der Waals surface area contributed by atoms with Crippen molar-refractivity contribution in [1.82, 2.24) is 5.32 Å². The van der Waals surface area contributed by atoms with Crippen molar-refractivity contribution < 1.29 is 15.0 Å². The molecule has 0 radical (unpaired) electrons. The molecule has 0 aliphatic rings. The third-order valence-electron chi connectivity index (χ3n) is 2.09. The van der Waals surface area contributed by atoms with Crippen LogP contribution < -0.4 is 10.6 Å². The summed E-state index contributed by atoms with van der Waals surface area (Å²) in [6.45, 7) is 0.878. The molecule has 1 unspecified atom stereocenters. The Morgan fingerprint density at radius 1 is 1.33 bits per heavy atom. The highest BCUT2D eigenvalue weighted by Crippen LogP contribution is 2.22. The van der Waals surface area contributed by atoms with Crippen LogP contribution >= 0.6 is 23.2 Å². The second-order valence-corrected chi connectivity index (χ2v) is 4.99. The molecule has 0 fully saturated rings. The van der Waals surface area contributed by atoms with Gasteiger partial charge >= 0.3 is 6.03 Å². The molecule has 0 aliphatic heterocycles. The first kappa shape index (κ1) is 15.0. The summed E-state index contributed by atoms with van der Waals surface area (Å²) in [7, 11) is 0. The highest BCUT2D eigenvalue weighted by Gasteiger charge is 2.19. The Labute approximate surface area is 115 Å². The first-order valence-electron chi connectivity index (χ1n) is 5.16. The van der Waals surface area contributed by atoms with Gasteiger partial charge in [0, 0.05) is 15.7 Å². The first-order valence-corrected chi connectivity index (χ1v) is 5.92. The number of aliphatic hydroxyl groups is 2. The number of aliphatic hydroxyl groups excluding tert-OH is 1. The standard InChI is InChI=1S/C11H14Cl2N2O3/c1-11(18,6-16)5-14-10(17)15-9-3-7(12)2-8(13)4-9/h2-4,16,18H,5-6H2,1H3,(H2,14,15,17). The zero-order valence-electron chi connectivity index (χ0n) is 9.70. The van der Waals surface area contributed by atoms with Gasteiger partial charge in [-0.25, -0.2) is 4.79 Å². The maximum Gasteiger partial charge on any atom is 0.319 e. The molecule has 2 amide bonds. The van der Waals surface area contributed by atoms with Crippen LogP contribution in [0.3, 0.4) is 0 Å². The summed E-state index contributed by atoms with van der Waals surface area (Å²) in [6.07, 6.45) is 0. The van der Waals surface area contributed by atoms with Gasteiger partial charge in [0.2, 0.25) is 0 Å². The molecule has 0 bridgehead atoms. The Balaban J connectivity index is 2.55. The van der Waals surface area contributed by atoms with Crippen molar-refractivity contribution in [3.05, 3.63) is 28.2 Å². The smallest absolute Gasteiger partial charge is 0.319 e. The average molecular weight is 293 g/mol. The molecule has 1 aromatic rings. The highest BCUT2D eigenvalue weighted by molar-refractivity contribution is 6.35. The molecule has 5 nitrogen and oxygen atoms in total. The van der Waals surface area contributed by atoms with Gasteiger partial charge in [-0.05, 0) is 25.1 Å². The monoisotopic (exact) mass is 292 g/mol. The highest BCUT2D eigenvalue weighted by atomic mass is 35.5. The van der Waals surface area contributed by atoms with E-state index in [9.17, 15) is 9.90 Å². The average Bonchev–Trinajstić information content (AvgIpc) is 2.25. The summed E-state index contributed by atoms with van der Waals surface area (Å²) in [5.41, 5.74) is -0.919. The van der Waals surface area contributed by atoms with Crippen LogP contribution in [-0.4, -0.2) is 35.0 Å². The number of carbonyl (C=O) groups is 1. The minimum Gasteiger partial charge on any atom is -0.393 e. The molecule has 1 rings (SSSR count). The fourth-order valence-electron chi connectivity index (χ4n) is 1.13. The topological polar surface area (TPSA) is 81.6 Å². The lowest BCUT2D eigenvalue weighted by molar-refractivity contribution is 0.00514. The van der Waals surface area contributed by atoms with Crippen molar-refractivity contribution in [2.24, 2.45) is 0 Å². The van der Waals surface area contributed by atoms with Crippen LogP contribution in [0.2, 0.25) is 10.0 Å². The molecular weight excluding hydrogens is 279 g/mol. The van der Waals surface area contributed by atoms with Gasteiger partial charge in [-0.3, -0.25) is 0 Å². The number of nitrogens with one attached hydrogen (secondary N) is 2. The van der Waals surface area contributed by atoms with E-state index in [1.54, 1.807) is 6.07 Å². The van der Waals surface area contributed by atoms with Crippen LogP contribution in [0, 0.1) is 0 Å². The summed E-state index contributed by atoms with van der Waals surface area (Å²) in [4.78, 5) is 11.5. The minimum absolute atomic E-state index is 0.0797. The van der Waals surface area contributed by atoms with Crippen LogP contribution in [-0.2, 0) is 0 Å². The molecule has 0 heterocycles. The van der Waals surface area contributed by atoms with Crippen LogP contribution in [0.25, 0.3) is 0 Å². The predicted octanol–water partition coefficient (Wildman–Crippen LogP) is 1.86. The summed E-state index contributed by atoms with van der Waals surface area (Å²) in [5, 5.41) is 24.0. The second kappa shape index (κ2) is 6.24. The maximum atomic E-state index is 11.5. The lowest BCUT2D eigenvalue weighted by atomic mass is 10.1. The van der Waals surface area contributed by atoms with Crippen molar-refractivity contribution in [2.75, 3.05) is 18.5 Å². The number of benzene rings is 1. The molecule has 7 heteroatoms. The van der Waals surface area contributed by atoms with E-state index in [0.717, 1.165) is 0 Å². The molecule has 0 aliphatic carbocycles. The lowest BCUT2D eigenvalue weighted by Gasteiger charge is -2.20. The second-order valence-electron chi connectivity index (χ2n) is 4.12. The van der Waals surface area contributed by atoms with E-state index in [2.05, 4.69) is 10.6 Å². The normalized spacial score (nSPS) is 13.8. The van der Waals surface area contributed by atoms with Crippen molar-refractivity contribution in [1.29, 1.82) is 0 Å². The maximum absolute atomic E-state index is 11.5. The number of halogens is 2. The first-order chi connectivity index (χ1) is 8.32. The van der Waals surface area contributed by atoms with E-state index in [1.807, 2.05) is 0 Å². The fourth-order valence-corrected chi connectivity index (χ4v) is 1.65. The van der Waals surface area contributed by atoms with E-state index in [1.165, 1.54) is 19.1 Å². The van der Waals surface area contributed by atoms with Crippen molar-refractivity contribution >= 4 is 34.9 Å². The number of hydrogen-bond acceptors (Lipinski definition) is 3. The molecule has 0 aromatic heterocycles. The third-order valence-corrected chi connectivity index (χ3v) is 2.53. The van der Waals surface area contributed by atoms with Gasteiger partial charge in [-0.2, -0.15) is 0 Å².